The Morgan fingerprint density at radius 3 is 2.67 bits per heavy atom. The van der Waals surface area contributed by atoms with E-state index in [1.165, 1.54) is 5.56 Å². The molecule has 1 aromatic heterocycles. The molecule has 0 saturated carbocycles. The minimum absolute atomic E-state index is 0.608. The van der Waals surface area contributed by atoms with Gasteiger partial charge in [0.25, 0.3) is 0 Å². The third-order valence-corrected chi connectivity index (χ3v) is 4.88. The van der Waals surface area contributed by atoms with Gasteiger partial charge in [0.15, 0.2) is 5.11 Å². The van der Waals surface area contributed by atoms with Gasteiger partial charge in [-0.3, -0.25) is 9.88 Å². The zero-order valence-corrected chi connectivity index (χ0v) is 15.4. The second-order valence-electron chi connectivity index (χ2n) is 5.68. The Balaban J connectivity index is 1.52. The van der Waals surface area contributed by atoms with E-state index in [1.807, 2.05) is 12.3 Å². The van der Waals surface area contributed by atoms with Crippen LogP contribution in [0.4, 0.5) is 5.69 Å². The second-order valence-corrected chi connectivity index (χ2v) is 6.91. The summed E-state index contributed by atoms with van der Waals surface area (Å²) in [4.78, 5) is 8.73. The quantitative estimate of drug-likeness (QED) is 0.815. The van der Waals surface area contributed by atoms with Crippen LogP contribution in [0.3, 0.4) is 0 Å². The fourth-order valence-electron chi connectivity index (χ4n) is 2.65. The van der Waals surface area contributed by atoms with Gasteiger partial charge in [-0.05, 0) is 42.0 Å². The summed E-state index contributed by atoms with van der Waals surface area (Å²) in [6, 6.07) is 9.39. The molecule has 0 atom stereocenters. The van der Waals surface area contributed by atoms with Gasteiger partial charge >= 0.3 is 0 Å². The van der Waals surface area contributed by atoms with Crippen molar-refractivity contribution >= 4 is 46.2 Å². The van der Waals surface area contributed by atoms with Gasteiger partial charge in [-0.25, -0.2) is 0 Å². The van der Waals surface area contributed by atoms with Crippen molar-refractivity contribution < 1.29 is 0 Å². The van der Waals surface area contributed by atoms with Crippen LogP contribution in [-0.4, -0.2) is 46.1 Å². The van der Waals surface area contributed by atoms with Gasteiger partial charge in [0, 0.05) is 50.1 Å². The molecule has 1 aromatic carbocycles. The topological polar surface area (TPSA) is 31.4 Å². The standard InChI is InChI=1S/C17H18Cl2N4S/c18-14-3-4-15(19)16(10-14)21-17(24)23-8-6-22(7-9-23)12-13-2-1-5-20-11-13/h1-5,10-11H,6-9,12H2,(H,21,24). The fourth-order valence-corrected chi connectivity index (χ4v) is 3.28. The Morgan fingerprint density at radius 1 is 1.17 bits per heavy atom. The zero-order valence-electron chi connectivity index (χ0n) is 13.1. The molecule has 0 amide bonds. The van der Waals surface area contributed by atoms with E-state index in [0.29, 0.717) is 15.2 Å². The number of aromatic nitrogens is 1. The first-order chi connectivity index (χ1) is 11.6. The summed E-state index contributed by atoms with van der Waals surface area (Å²) < 4.78 is 0. The lowest BCUT2D eigenvalue weighted by molar-refractivity contribution is 0.177. The second kappa shape index (κ2) is 8.12. The van der Waals surface area contributed by atoms with Gasteiger partial charge in [-0.2, -0.15) is 0 Å². The average molecular weight is 381 g/mol. The van der Waals surface area contributed by atoms with Crippen molar-refractivity contribution in [1.82, 2.24) is 14.8 Å². The van der Waals surface area contributed by atoms with Crippen molar-refractivity contribution in [2.24, 2.45) is 0 Å². The number of halogens is 2. The van der Waals surface area contributed by atoms with E-state index >= 15 is 0 Å². The Morgan fingerprint density at radius 2 is 1.96 bits per heavy atom. The SMILES string of the molecule is S=C(Nc1cc(Cl)ccc1Cl)N1CCN(Cc2cccnc2)CC1. The van der Waals surface area contributed by atoms with E-state index in [0.717, 1.165) is 38.4 Å². The van der Waals surface area contributed by atoms with Crippen LogP contribution in [0.5, 0.6) is 0 Å². The molecule has 1 saturated heterocycles. The van der Waals surface area contributed by atoms with Gasteiger partial charge in [-0.1, -0.05) is 29.3 Å². The molecule has 7 heteroatoms. The van der Waals surface area contributed by atoms with Crippen molar-refractivity contribution in [3.63, 3.8) is 0 Å². The zero-order chi connectivity index (χ0) is 16.9. The van der Waals surface area contributed by atoms with E-state index < -0.39 is 0 Å². The first-order valence-corrected chi connectivity index (χ1v) is 8.90. The molecule has 0 radical (unpaired) electrons. The highest BCUT2D eigenvalue weighted by Crippen LogP contribution is 2.25. The lowest BCUT2D eigenvalue weighted by atomic mass is 10.2. The monoisotopic (exact) mass is 380 g/mol. The summed E-state index contributed by atoms with van der Waals surface area (Å²) in [6.07, 6.45) is 3.71. The molecule has 2 aromatic rings. The summed E-state index contributed by atoms with van der Waals surface area (Å²) in [5.41, 5.74) is 1.98. The molecule has 0 bridgehead atoms. The van der Waals surface area contributed by atoms with E-state index in [4.69, 9.17) is 35.4 Å². The minimum atomic E-state index is 0.608. The third-order valence-electron chi connectivity index (χ3n) is 3.96. The van der Waals surface area contributed by atoms with E-state index in [9.17, 15) is 0 Å². The van der Waals surface area contributed by atoms with E-state index in [-0.39, 0.29) is 0 Å². The Labute approximate surface area is 157 Å². The molecular weight excluding hydrogens is 363 g/mol. The summed E-state index contributed by atoms with van der Waals surface area (Å²) in [7, 11) is 0. The summed E-state index contributed by atoms with van der Waals surface area (Å²) in [5.74, 6) is 0. The van der Waals surface area contributed by atoms with Crippen LogP contribution in [0.25, 0.3) is 0 Å². The predicted molar refractivity (Wildman–Crippen MR) is 104 cm³/mol. The Hall–Kier alpha value is -1.40. The fraction of sp³-hybridized carbons (Fsp3) is 0.294. The van der Waals surface area contributed by atoms with E-state index in [1.54, 1.807) is 24.4 Å². The first-order valence-electron chi connectivity index (χ1n) is 7.74. The molecule has 3 rings (SSSR count). The number of piperazine rings is 1. The molecule has 0 aliphatic carbocycles. The number of nitrogens with one attached hydrogen (secondary N) is 1. The number of hydrogen-bond acceptors (Lipinski definition) is 3. The number of nitrogens with zero attached hydrogens (tertiary/aromatic N) is 3. The molecule has 1 aliphatic rings. The molecular formula is C17H18Cl2N4S. The van der Waals surface area contributed by atoms with Crippen LogP contribution < -0.4 is 5.32 Å². The number of benzene rings is 1. The maximum atomic E-state index is 6.18. The van der Waals surface area contributed by atoms with Crippen LogP contribution in [0.2, 0.25) is 10.0 Å². The molecule has 1 N–H and O–H groups in total. The highest BCUT2D eigenvalue weighted by Gasteiger charge is 2.19. The number of rotatable bonds is 3. The first kappa shape index (κ1) is 17.4. The number of anilines is 1. The molecule has 1 fully saturated rings. The molecule has 0 unspecified atom stereocenters. The lowest BCUT2D eigenvalue weighted by Crippen LogP contribution is -2.49. The average Bonchev–Trinajstić information content (AvgIpc) is 2.60. The normalized spacial score (nSPS) is 15.3. The lowest BCUT2D eigenvalue weighted by Gasteiger charge is -2.36. The Bertz CT molecular complexity index is 703. The molecule has 4 nitrogen and oxygen atoms in total. The van der Waals surface area contributed by atoms with Crippen LogP contribution >= 0.6 is 35.4 Å². The maximum absolute atomic E-state index is 6.18. The summed E-state index contributed by atoms with van der Waals surface area (Å²) in [5, 5.41) is 5.12. The minimum Gasteiger partial charge on any atom is -0.346 e. The highest BCUT2D eigenvalue weighted by atomic mass is 35.5. The van der Waals surface area contributed by atoms with Crippen LogP contribution in [0.1, 0.15) is 5.56 Å². The molecule has 1 aliphatic heterocycles. The van der Waals surface area contributed by atoms with Gasteiger partial charge in [0.2, 0.25) is 0 Å². The van der Waals surface area contributed by atoms with Crippen LogP contribution in [0, 0.1) is 0 Å². The van der Waals surface area contributed by atoms with Gasteiger partial charge in [0.05, 0.1) is 10.7 Å². The maximum Gasteiger partial charge on any atom is 0.173 e. The predicted octanol–water partition coefficient (Wildman–Crippen LogP) is 3.90. The Kier molecular flexibility index (Phi) is 5.89. The third kappa shape index (κ3) is 4.57. The highest BCUT2D eigenvalue weighted by molar-refractivity contribution is 7.80. The number of thiocarbonyl (C=S) groups is 1. The molecule has 0 spiro atoms. The molecule has 126 valence electrons. The molecule has 2 heterocycles. The molecule has 24 heavy (non-hydrogen) atoms. The largest absolute Gasteiger partial charge is 0.346 e. The van der Waals surface area contributed by atoms with E-state index in [2.05, 4.69) is 26.2 Å². The summed E-state index contributed by atoms with van der Waals surface area (Å²) >= 11 is 17.7. The van der Waals surface area contributed by atoms with Crippen molar-refractivity contribution in [2.45, 2.75) is 6.54 Å². The van der Waals surface area contributed by atoms with Crippen molar-refractivity contribution in [1.29, 1.82) is 0 Å². The van der Waals surface area contributed by atoms with Crippen molar-refractivity contribution in [3.8, 4) is 0 Å². The van der Waals surface area contributed by atoms with Gasteiger partial charge < -0.3 is 10.2 Å². The van der Waals surface area contributed by atoms with Crippen molar-refractivity contribution in [3.05, 3.63) is 58.3 Å². The number of pyridine rings is 1. The number of hydrogen-bond donors (Lipinski definition) is 1. The van der Waals surface area contributed by atoms with Crippen LogP contribution in [-0.2, 0) is 6.54 Å². The smallest absolute Gasteiger partial charge is 0.173 e. The summed E-state index contributed by atoms with van der Waals surface area (Å²) in [6.45, 7) is 4.59. The van der Waals surface area contributed by atoms with Gasteiger partial charge in [-0.15, -0.1) is 0 Å². The van der Waals surface area contributed by atoms with Crippen LogP contribution in [0.15, 0.2) is 42.7 Å². The van der Waals surface area contributed by atoms with Gasteiger partial charge in [0.1, 0.15) is 0 Å². The van der Waals surface area contributed by atoms with Crippen molar-refractivity contribution in [2.75, 3.05) is 31.5 Å².